The van der Waals surface area contributed by atoms with E-state index >= 15 is 0 Å². The molecule has 0 bridgehead atoms. The number of aliphatic hydroxyl groups excluding tert-OH is 1. The van der Waals surface area contributed by atoms with Gasteiger partial charge in [0.15, 0.2) is 6.61 Å². The van der Waals surface area contributed by atoms with Crippen molar-refractivity contribution in [1.82, 2.24) is 5.32 Å². The molecule has 0 aliphatic heterocycles. The molecule has 19 heavy (non-hydrogen) atoms. The number of para-hydroxylation sites is 1. The van der Waals surface area contributed by atoms with Crippen LogP contribution < -0.4 is 10.1 Å². The fourth-order valence-electron chi connectivity index (χ4n) is 1.62. The smallest absolute Gasteiger partial charge is 0.257 e. The van der Waals surface area contributed by atoms with Crippen molar-refractivity contribution in [2.45, 2.75) is 33.3 Å². The van der Waals surface area contributed by atoms with E-state index in [1.54, 1.807) is 6.07 Å². The van der Waals surface area contributed by atoms with Crippen LogP contribution in [0.5, 0.6) is 5.75 Å². The van der Waals surface area contributed by atoms with E-state index in [0.29, 0.717) is 24.6 Å². The van der Waals surface area contributed by atoms with Gasteiger partial charge in [-0.3, -0.25) is 4.79 Å². The molecule has 1 rings (SSSR count). The molecule has 1 unspecified atom stereocenters. The van der Waals surface area contributed by atoms with Crippen LogP contribution in [-0.2, 0) is 4.79 Å². The standard InChI is InChI=1S/C15H23NO3/c1-4-13(17)12-7-5-6-8-14(12)19-10-15(18)16-9-11(2)3/h5-8,11,13,17H,4,9-10H2,1-3H3,(H,16,18). The third-order valence-corrected chi connectivity index (χ3v) is 2.73. The fourth-order valence-corrected chi connectivity index (χ4v) is 1.62. The Labute approximate surface area is 114 Å². The Bertz CT molecular complexity index is 404. The second-order valence-electron chi connectivity index (χ2n) is 4.95. The zero-order chi connectivity index (χ0) is 14.3. The average molecular weight is 265 g/mol. The van der Waals surface area contributed by atoms with Crippen molar-refractivity contribution in [2.24, 2.45) is 5.92 Å². The topological polar surface area (TPSA) is 58.6 Å². The second kappa shape index (κ2) is 7.79. The zero-order valence-electron chi connectivity index (χ0n) is 11.8. The Morgan fingerprint density at radius 1 is 1.37 bits per heavy atom. The van der Waals surface area contributed by atoms with Crippen molar-refractivity contribution in [2.75, 3.05) is 13.2 Å². The minimum Gasteiger partial charge on any atom is -0.483 e. The van der Waals surface area contributed by atoms with E-state index < -0.39 is 6.10 Å². The van der Waals surface area contributed by atoms with Crippen molar-refractivity contribution >= 4 is 5.91 Å². The summed E-state index contributed by atoms with van der Waals surface area (Å²) in [6.07, 6.45) is 0.0508. The summed E-state index contributed by atoms with van der Waals surface area (Å²) in [6.45, 7) is 6.58. The zero-order valence-corrected chi connectivity index (χ0v) is 11.8. The number of amides is 1. The molecular formula is C15H23NO3. The molecule has 0 radical (unpaired) electrons. The monoisotopic (exact) mass is 265 g/mol. The van der Waals surface area contributed by atoms with E-state index in [-0.39, 0.29) is 12.5 Å². The second-order valence-corrected chi connectivity index (χ2v) is 4.95. The van der Waals surface area contributed by atoms with Crippen LogP contribution >= 0.6 is 0 Å². The predicted molar refractivity (Wildman–Crippen MR) is 75.0 cm³/mol. The Balaban J connectivity index is 2.55. The van der Waals surface area contributed by atoms with Crippen molar-refractivity contribution in [3.8, 4) is 5.75 Å². The average Bonchev–Trinajstić information content (AvgIpc) is 2.42. The molecule has 1 amide bonds. The van der Waals surface area contributed by atoms with Gasteiger partial charge >= 0.3 is 0 Å². The van der Waals surface area contributed by atoms with Crippen LogP contribution in [0.15, 0.2) is 24.3 Å². The lowest BCUT2D eigenvalue weighted by Crippen LogP contribution is -2.31. The number of hydrogen-bond acceptors (Lipinski definition) is 3. The summed E-state index contributed by atoms with van der Waals surface area (Å²) in [6, 6.07) is 7.26. The van der Waals surface area contributed by atoms with E-state index in [0.717, 1.165) is 5.56 Å². The van der Waals surface area contributed by atoms with Crippen molar-refractivity contribution in [3.63, 3.8) is 0 Å². The molecule has 0 heterocycles. The number of aliphatic hydroxyl groups is 1. The first kappa shape index (κ1) is 15.5. The van der Waals surface area contributed by atoms with Gasteiger partial charge in [-0.1, -0.05) is 39.0 Å². The maximum absolute atomic E-state index is 11.6. The molecule has 0 aromatic heterocycles. The highest BCUT2D eigenvalue weighted by molar-refractivity contribution is 5.77. The van der Waals surface area contributed by atoms with E-state index in [1.807, 2.05) is 39.0 Å². The Morgan fingerprint density at radius 3 is 2.68 bits per heavy atom. The number of benzene rings is 1. The Hall–Kier alpha value is -1.55. The van der Waals surface area contributed by atoms with E-state index in [1.165, 1.54) is 0 Å². The first-order valence-corrected chi connectivity index (χ1v) is 6.71. The lowest BCUT2D eigenvalue weighted by atomic mass is 10.1. The molecule has 4 nitrogen and oxygen atoms in total. The highest BCUT2D eigenvalue weighted by atomic mass is 16.5. The molecule has 0 spiro atoms. The summed E-state index contributed by atoms with van der Waals surface area (Å²) in [5, 5.41) is 12.7. The van der Waals surface area contributed by atoms with Gasteiger partial charge in [0.25, 0.3) is 5.91 Å². The molecule has 0 saturated carbocycles. The molecule has 0 saturated heterocycles. The lowest BCUT2D eigenvalue weighted by Gasteiger charge is -2.15. The molecule has 0 aliphatic carbocycles. The SMILES string of the molecule is CCC(O)c1ccccc1OCC(=O)NCC(C)C. The lowest BCUT2D eigenvalue weighted by molar-refractivity contribution is -0.123. The number of ether oxygens (including phenoxy) is 1. The van der Waals surface area contributed by atoms with E-state index in [4.69, 9.17) is 4.74 Å². The number of nitrogens with one attached hydrogen (secondary N) is 1. The van der Waals surface area contributed by atoms with Crippen LogP contribution in [0.4, 0.5) is 0 Å². The van der Waals surface area contributed by atoms with Crippen LogP contribution in [-0.4, -0.2) is 24.2 Å². The van der Waals surface area contributed by atoms with E-state index in [2.05, 4.69) is 5.32 Å². The van der Waals surface area contributed by atoms with Crippen molar-refractivity contribution in [3.05, 3.63) is 29.8 Å². The molecule has 106 valence electrons. The molecule has 2 N–H and O–H groups in total. The summed E-state index contributed by atoms with van der Waals surface area (Å²) in [4.78, 5) is 11.6. The molecule has 1 aromatic carbocycles. The first-order chi connectivity index (χ1) is 9.04. The number of hydrogen-bond donors (Lipinski definition) is 2. The third-order valence-electron chi connectivity index (χ3n) is 2.73. The molecule has 0 fully saturated rings. The number of carbonyl (C=O) groups excluding carboxylic acids is 1. The van der Waals surface area contributed by atoms with Crippen LogP contribution in [0.3, 0.4) is 0 Å². The fraction of sp³-hybridized carbons (Fsp3) is 0.533. The summed E-state index contributed by atoms with van der Waals surface area (Å²) in [5.74, 6) is 0.837. The van der Waals surface area contributed by atoms with Gasteiger partial charge in [0.05, 0.1) is 6.10 Å². The third kappa shape index (κ3) is 5.30. The molecule has 1 aromatic rings. The van der Waals surface area contributed by atoms with Gasteiger partial charge in [0.1, 0.15) is 5.75 Å². The van der Waals surface area contributed by atoms with E-state index in [9.17, 15) is 9.90 Å². The first-order valence-electron chi connectivity index (χ1n) is 6.71. The molecule has 4 heteroatoms. The van der Waals surface area contributed by atoms with Gasteiger partial charge in [-0.05, 0) is 18.4 Å². The largest absolute Gasteiger partial charge is 0.483 e. The van der Waals surface area contributed by atoms with Crippen molar-refractivity contribution in [1.29, 1.82) is 0 Å². The summed E-state index contributed by atoms with van der Waals surface area (Å²) in [5.41, 5.74) is 0.724. The van der Waals surface area contributed by atoms with Crippen LogP contribution in [0.1, 0.15) is 38.9 Å². The van der Waals surface area contributed by atoms with Crippen LogP contribution in [0.2, 0.25) is 0 Å². The molecule has 0 aliphatic rings. The van der Waals surface area contributed by atoms with Crippen molar-refractivity contribution < 1.29 is 14.6 Å². The van der Waals surface area contributed by atoms with Gasteiger partial charge in [-0.15, -0.1) is 0 Å². The molecule has 1 atom stereocenters. The van der Waals surface area contributed by atoms with Crippen LogP contribution in [0, 0.1) is 5.92 Å². The summed E-state index contributed by atoms with van der Waals surface area (Å²) in [7, 11) is 0. The predicted octanol–water partition coefficient (Wildman–Crippen LogP) is 2.28. The minimum absolute atomic E-state index is 0.0276. The maximum atomic E-state index is 11.6. The quantitative estimate of drug-likeness (QED) is 0.795. The van der Waals surface area contributed by atoms with Crippen LogP contribution in [0.25, 0.3) is 0 Å². The Kier molecular flexibility index (Phi) is 6.36. The van der Waals surface area contributed by atoms with Gasteiger partial charge in [-0.25, -0.2) is 0 Å². The van der Waals surface area contributed by atoms with Gasteiger partial charge < -0.3 is 15.2 Å². The Morgan fingerprint density at radius 2 is 2.05 bits per heavy atom. The highest BCUT2D eigenvalue weighted by Crippen LogP contribution is 2.26. The van der Waals surface area contributed by atoms with Gasteiger partial charge in [0.2, 0.25) is 0 Å². The normalized spacial score (nSPS) is 12.3. The van der Waals surface area contributed by atoms with Gasteiger partial charge in [0, 0.05) is 12.1 Å². The number of carbonyl (C=O) groups is 1. The number of rotatable bonds is 7. The van der Waals surface area contributed by atoms with Gasteiger partial charge in [-0.2, -0.15) is 0 Å². The molecular weight excluding hydrogens is 242 g/mol. The summed E-state index contributed by atoms with van der Waals surface area (Å²) < 4.78 is 5.48. The summed E-state index contributed by atoms with van der Waals surface area (Å²) >= 11 is 0. The minimum atomic E-state index is -0.560. The highest BCUT2D eigenvalue weighted by Gasteiger charge is 2.12. The maximum Gasteiger partial charge on any atom is 0.257 e.